The summed E-state index contributed by atoms with van der Waals surface area (Å²) in [5.41, 5.74) is 2.30. The molecular formula is C15H21Cl2NS. The van der Waals surface area contributed by atoms with Crippen molar-refractivity contribution in [2.24, 2.45) is 0 Å². The number of rotatable bonds is 4. The fraction of sp³-hybridized carbons (Fsp3) is 0.600. The van der Waals surface area contributed by atoms with Gasteiger partial charge >= 0.3 is 0 Å². The van der Waals surface area contributed by atoms with E-state index >= 15 is 0 Å². The second kappa shape index (κ2) is 5.48. The first kappa shape index (κ1) is 15.5. The van der Waals surface area contributed by atoms with Crippen molar-refractivity contribution < 1.29 is 0 Å². The molecule has 0 aliphatic carbocycles. The molecule has 1 aromatic rings. The van der Waals surface area contributed by atoms with Crippen molar-refractivity contribution in [3.63, 3.8) is 0 Å². The van der Waals surface area contributed by atoms with Crippen LogP contribution in [0.2, 0.25) is 0 Å². The van der Waals surface area contributed by atoms with Crippen LogP contribution in [0, 0.1) is 0 Å². The number of hydrogen-bond acceptors (Lipinski definition) is 2. The van der Waals surface area contributed by atoms with Gasteiger partial charge in [-0.25, -0.2) is 0 Å². The van der Waals surface area contributed by atoms with Crippen molar-refractivity contribution in [3.8, 4) is 0 Å². The topological polar surface area (TPSA) is 12.0 Å². The lowest BCUT2D eigenvalue weighted by atomic mass is 9.73. The monoisotopic (exact) mass is 317 g/mol. The lowest BCUT2D eigenvalue weighted by molar-refractivity contribution is 0.323. The molecule has 2 unspecified atom stereocenters. The summed E-state index contributed by atoms with van der Waals surface area (Å²) in [5.74, 6) is 1.18. The number of halogens is 2. The molecule has 1 aliphatic rings. The quantitative estimate of drug-likeness (QED) is 0.826. The standard InChI is InChI=1S/C15H21Cl2NS/c1-10(18-4)14(2,15(3,16)17)12-5-6-13-11(9-12)7-8-19-13/h5-6,9-10,18H,7-8H2,1-4H3. The van der Waals surface area contributed by atoms with Gasteiger partial charge in [0.2, 0.25) is 0 Å². The van der Waals surface area contributed by atoms with Crippen LogP contribution in [0.1, 0.15) is 31.9 Å². The van der Waals surface area contributed by atoms with E-state index in [2.05, 4.69) is 37.4 Å². The minimum absolute atomic E-state index is 0.180. The Morgan fingerprint density at radius 2 is 2.00 bits per heavy atom. The molecule has 0 radical (unpaired) electrons. The van der Waals surface area contributed by atoms with E-state index in [9.17, 15) is 0 Å². The van der Waals surface area contributed by atoms with E-state index < -0.39 is 4.33 Å². The normalized spacial score (nSPS) is 19.9. The Hall–Kier alpha value is 0.110. The van der Waals surface area contributed by atoms with Gasteiger partial charge in [-0.3, -0.25) is 0 Å². The van der Waals surface area contributed by atoms with Crippen LogP contribution in [-0.2, 0) is 11.8 Å². The summed E-state index contributed by atoms with van der Waals surface area (Å²) in [5, 5.41) is 3.30. The average Bonchev–Trinajstić information content (AvgIpc) is 2.82. The Labute approximate surface area is 130 Å². The van der Waals surface area contributed by atoms with Crippen molar-refractivity contribution in [3.05, 3.63) is 29.3 Å². The van der Waals surface area contributed by atoms with Crippen LogP contribution in [0.25, 0.3) is 0 Å². The van der Waals surface area contributed by atoms with Crippen LogP contribution >= 0.6 is 35.0 Å². The van der Waals surface area contributed by atoms with Crippen LogP contribution in [0.4, 0.5) is 0 Å². The first-order valence-electron chi connectivity index (χ1n) is 6.62. The Morgan fingerprint density at radius 3 is 2.58 bits per heavy atom. The molecule has 2 atom stereocenters. The van der Waals surface area contributed by atoms with Crippen LogP contribution < -0.4 is 5.32 Å². The Balaban J connectivity index is 2.50. The molecule has 1 N–H and O–H groups in total. The molecule has 1 nitrogen and oxygen atoms in total. The van der Waals surface area contributed by atoms with Gasteiger partial charge in [-0.15, -0.1) is 35.0 Å². The average molecular weight is 318 g/mol. The van der Waals surface area contributed by atoms with Crippen LogP contribution in [-0.4, -0.2) is 23.2 Å². The fourth-order valence-corrected chi connectivity index (χ4v) is 4.28. The molecule has 0 aromatic heterocycles. The fourth-order valence-electron chi connectivity index (χ4n) is 2.68. The minimum atomic E-state index is -0.838. The Kier molecular flexibility index (Phi) is 4.47. The summed E-state index contributed by atoms with van der Waals surface area (Å²) in [6.45, 7) is 6.15. The van der Waals surface area contributed by atoms with E-state index in [0.717, 1.165) is 6.42 Å². The molecule has 1 aliphatic heterocycles. The van der Waals surface area contributed by atoms with Crippen molar-refractivity contribution >= 4 is 35.0 Å². The molecule has 0 saturated heterocycles. The van der Waals surface area contributed by atoms with Crippen LogP contribution in [0.15, 0.2) is 23.1 Å². The lowest BCUT2D eigenvalue weighted by Crippen LogP contribution is -2.52. The van der Waals surface area contributed by atoms with E-state index in [4.69, 9.17) is 23.2 Å². The zero-order chi connectivity index (χ0) is 14.3. The number of fused-ring (bicyclic) bond motifs is 1. The highest BCUT2D eigenvalue weighted by atomic mass is 35.5. The van der Waals surface area contributed by atoms with Gasteiger partial charge < -0.3 is 5.32 Å². The van der Waals surface area contributed by atoms with E-state index in [1.54, 1.807) is 0 Å². The molecule has 2 rings (SSSR count). The molecule has 0 saturated carbocycles. The number of alkyl halides is 2. The number of hydrogen-bond donors (Lipinski definition) is 1. The van der Waals surface area contributed by atoms with Crippen LogP contribution in [0.3, 0.4) is 0 Å². The zero-order valence-corrected chi connectivity index (χ0v) is 14.2. The van der Waals surface area contributed by atoms with E-state index in [0.29, 0.717) is 0 Å². The highest BCUT2D eigenvalue weighted by Crippen LogP contribution is 2.47. The highest BCUT2D eigenvalue weighted by molar-refractivity contribution is 7.99. The maximum atomic E-state index is 6.52. The first-order chi connectivity index (χ1) is 8.80. The predicted molar refractivity (Wildman–Crippen MR) is 86.9 cm³/mol. The zero-order valence-electron chi connectivity index (χ0n) is 11.9. The summed E-state index contributed by atoms with van der Waals surface area (Å²) in [4.78, 5) is 1.40. The molecule has 0 fully saturated rings. The van der Waals surface area contributed by atoms with Gasteiger partial charge in [0.1, 0.15) is 4.33 Å². The predicted octanol–water partition coefficient (Wildman–Crippen LogP) is 4.39. The van der Waals surface area contributed by atoms with Gasteiger partial charge in [-0.2, -0.15) is 0 Å². The van der Waals surface area contributed by atoms with Crippen LogP contribution in [0.5, 0.6) is 0 Å². The van der Waals surface area contributed by atoms with Crippen molar-refractivity contribution in [1.82, 2.24) is 5.32 Å². The third kappa shape index (κ3) is 2.65. The van der Waals surface area contributed by atoms with E-state index in [-0.39, 0.29) is 11.5 Å². The lowest BCUT2D eigenvalue weighted by Gasteiger charge is -2.43. The number of nitrogens with one attached hydrogen (secondary N) is 1. The van der Waals surface area contributed by atoms with Gasteiger partial charge in [0, 0.05) is 22.1 Å². The second-order valence-corrected chi connectivity index (χ2v) is 8.36. The van der Waals surface area contributed by atoms with E-state index in [1.807, 2.05) is 25.7 Å². The summed E-state index contributed by atoms with van der Waals surface area (Å²) >= 11 is 15.0. The van der Waals surface area contributed by atoms with Gasteiger partial charge in [0.25, 0.3) is 0 Å². The summed E-state index contributed by atoms with van der Waals surface area (Å²) in [6.07, 6.45) is 1.14. The molecule has 0 bridgehead atoms. The summed E-state index contributed by atoms with van der Waals surface area (Å²) in [7, 11) is 1.95. The SMILES string of the molecule is CNC(C)C(C)(c1ccc2c(c1)CCS2)C(C)(Cl)Cl. The number of aryl methyl sites for hydroxylation is 1. The summed E-state index contributed by atoms with van der Waals surface area (Å²) in [6, 6.07) is 6.85. The number of benzene rings is 1. The third-order valence-electron chi connectivity index (χ3n) is 4.50. The van der Waals surface area contributed by atoms with E-state index in [1.165, 1.54) is 21.8 Å². The Bertz CT molecular complexity index is 470. The highest BCUT2D eigenvalue weighted by Gasteiger charge is 2.47. The molecule has 4 heteroatoms. The molecule has 0 spiro atoms. The second-order valence-electron chi connectivity index (χ2n) is 5.52. The molecule has 106 valence electrons. The molecular weight excluding hydrogens is 297 g/mol. The maximum Gasteiger partial charge on any atom is 0.126 e. The smallest absolute Gasteiger partial charge is 0.126 e. The molecule has 0 amide bonds. The Morgan fingerprint density at radius 1 is 1.32 bits per heavy atom. The van der Waals surface area contributed by atoms with Crippen molar-refractivity contribution in [2.45, 2.75) is 47.9 Å². The molecule has 19 heavy (non-hydrogen) atoms. The van der Waals surface area contributed by atoms with Gasteiger partial charge in [0.05, 0.1) is 0 Å². The van der Waals surface area contributed by atoms with Gasteiger partial charge in [-0.1, -0.05) is 19.1 Å². The van der Waals surface area contributed by atoms with Gasteiger partial charge in [0.15, 0.2) is 0 Å². The summed E-state index contributed by atoms with van der Waals surface area (Å²) < 4.78 is -0.838. The van der Waals surface area contributed by atoms with Gasteiger partial charge in [-0.05, 0) is 44.5 Å². The maximum absolute atomic E-state index is 6.52. The number of likely N-dealkylation sites (N-methyl/N-ethyl adjacent to an activating group) is 1. The largest absolute Gasteiger partial charge is 0.316 e. The molecule has 1 aromatic carbocycles. The first-order valence-corrected chi connectivity index (χ1v) is 8.36. The molecule has 1 heterocycles. The van der Waals surface area contributed by atoms with Crippen molar-refractivity contribution in [2.75, 3.05) is 12.8 Å². The minimum Gasteiger partial charge on any atom is -0.316 e. The third-order valence-corrected chi connectivity index (χ3v) is 6.40. The number of thioether (sulfide) groups is 1. The van der Waals surface area contributed by atoms with Crippen molar-refractivity contribution in [1.29, 1.82) is 0 Å².